The van der Waals surface area contributed by atoms with Crippen LogP contribution in [-0.4, -0.2) is 35.2 Å². The topological polar surface area (TPSA) is 49.8 Å². The van der Waals surface area contributed by atoms with Crippen LogP contribution < -0.4 is 4.74 Å². The van der Waals surface area contributed by atoms with Gasteiger partial charge in [0.05, 0.1) is 12.6 Å². The van der Waals surface area contributed by atoms with Gasteiger partial charge in [0.25, 0.3) is 0 Å². The molecule has 4 rings (SSSR count). The summed E-state index contributed by atoms with van der Waals surface area (Å²) in [5.74, 6) is 0.0993. The second-order valence-corrected chi connectivity index (χ2v) is 7.56. The van der Waals surface area contributed by atoms with Crippen LogP contribution in [0.4, 0.5) is 0 Å². The molecule has 3 aromatic carbocycles. The van der Waals surface area contributed by atoms with E-state index in [-0.39, 0.29) is 6.04 Å². The highest BCUT2D eigenvalue weighted by Crippen LogP contribution is 2.38. The quantitative estimate of drug-likeness (QED) is 0.624. The average molecular weight is 389 g/mol. The van der Waals surface area contributed by atoms with Crippen LogP contribution in [0.2, 0.25) is 0 Å². The fourth-order valence-electron chi connectivity index (χ4n) is 4.48. The molecule has 150 valence electrons. The van der Waals surface area contributed by atoms with Crippen LogP contribution in [0.15, 0.2) is 66.7 Å². The fourth-order valence-corrected chi connectivity index (χ4v) is 4.48. The smallest absolute Gasteiger partial charge is 0.320 e. The van der Waals surface area contributed by atoms with Gasteiger partial charge in [0.15, 0.2) is 0 Å². The van der Waals surface area contributed by atoms with Crippen LogP contribution in [0, 0.1) is 0 Å². The normalized spacial score (nSPS) is 18.4. The Morgan fingerprint density at radius 1 is 1.07 bits per heavy atom. The van der Waals surface area contributed by atoms with E-state index in [9.17, 15) is 9.90 Å². The van der Waals surface area contributed by atoms with Gasteiger partial charge in [0, 0.05) is 0 Å². The molecule has 0 radical (unpaired) electrons. The number of ether oxygens (including phenoxy) is 1. The summed E-state index contributed by atoms with van der Waals surface area (Å²) in [5.41, 5.74) is 2.25. The maximum absolute atomic E-state index is 12.1. The maximum Gasteiger partial charge on any atom is 0.320 e. The van der Waals surface area contributed by atoms with Gasteiger partial charge >= 0.3 is 5.97 Å². The summed E-state index contributed by atoms with van der Waals surface area (Å²) in [4.78, 5) is 14.2. The van der Waals surface area contributed by atoms with Crippen LogP contribution in [0.1, 0.15) is 43.4 Å². The molecule has 4 nitrogen and oxygen atoms in total. The van der Waals surface area contributed by atoms with E-state index in [2.05, 4.69) is 47.4 Å². The molecule has 0 amide bonds. The Morgan fingerprint density at radius 3 is 2.59 bits per heavy atom. The minimum Gasteiger partial charge on any atom is -0.494 e. The van der Waals surface area contributed by atoms with Crippen molar-refractivity contribution < 1.29 is 14.6 Å². The lowest BCUT2D eigenvalue weighted by Gasteiger charge is -2.40. The van der Waals surface area contributed by atoms with Gasteiger partial charge in [0.2, 0.25) is 0 Å². The number of hydrogen-bond donors (Lipinski definition) is 1. The standard InChI is InChI=1S/C25H27NO3/c1-2-29-20-15-13-19(14-16-20)24(26-17-6-5-12-23(26)25(27)28)22-11-7-9-18-8-3-4-10-21(18)22/h3-4,7-11,13-16,23-24H,2,5-6,12,17H2,1H3,(H,27,28). The summed E-state index contributed by atoms with van der Waals surface area (Å²) in [7, 11) is 0. The van der Waals surface area contributed by atoms with E-state index in [0.29, 0.717) is 13.0 Å². The Morgan fingerprint density at radius 2 is 1.83 bits per heavy atom. The van der Waals surface area contributed by atoms with E-state index in [4.69, 9.17) is 4.74 Å². The number of nitrogens with zero attached hydrogens (tertiary/aromatic N) is 1. The molecule has 0 aliphatic carbocycles. The second kappa shape index (κ2) is 8.66. The van der Waals surface area contributed by atoms with Gasteiger partial charge in [-0.25, -0.2) is 0 Å². The lowest BCUT2D eigenvalue weighted by atomic mass is 9.89. The summed E-state index contributed by atoms with van der Waals surface area (Å²) in [6, 6.07) is 22.2. The van der Waals surface area contributed by atoms with Crippen molar-refractivity contribution in [3.63, 3.8) is 0 Å². The third-order valence-electron chi connectivity index (χ3n) is 5.79. The molecule has 1 heterocycles. The number of carboxylic acid groups (broad SMARTS) is 1. The average Bonchev–Trinajstić information content (AvgIpc) is 2.76. The monoisotopic (exact) mass is 389 g/mol. The first kappa shape index (κ1) is 19.5. The van der Waals surface area contributed by atoms with Crippen molar-refractivity contribution in [2.24, 2.45) is 0 Å². The second-order valence-electron chi connectivity index (χ2n) is 7.56. The number of benzene rings is 3. The number of piperidine rings is 1. The number of hydrogen-bond acceptors (Lipinski definition) is 3. The number of rotatable bonds is 6. The molecule has 4 heteroatoms. The van der Waals surface area contributed by atoms with Crippen molar-refractivity contribution in [1.29, 1.82) is 0 Å². The number of fused-ring (bicyclic) bond motifs is 1. The van der Waals surface area contributed by atoms with Crippen LogP contribution in [0.3, 0.4) is 0 Å². The van der Waals surface area contributed by atoms with Crippen molar-refractivity contribution >= 4 is 16.7 Å². The first-order valence-corrected chi connectivity index (χ1v) is 10.4. The first-order chi connectivity index (χ1) is 14.2. The molecule has 0 saturated carbocycles. The van der Waals surface area contributed by atoms with E-state index in [1.165, 1.54) is 10.8 Å². The SMILES string of the molecule is CCOc1ccc(C(c2cccc3ccccc23)N2CCCCC2C(=O)O)cc1. The molecule has 3 aromatic rings. The molecule has 1 fully saturated rings. The Hall–Kier alpha value is -2.85. The Kier molecular flexibility index (Phi) is 5.81. The molecule has 2 atom stereocenters. The molecule has 0 aromatic heterocycles. The Balaban J connectivity index is 1.85. The molecule has 2 unspecified atom stereocenters. The number of aliphatic carboxylic acids is 1. The lowest BCUT2D eigenvalue weighted by Crippen LogP contribution is -2.46. The molecule has 0 bridgehead atoms. The lowest BCUT2D eigenvalue weighted by molar-refractivity contribution is -0.145. The van der Waals surface area contributed by atoms with E-state index < -0.39 is 12.0 Å². The minimum absolute atomic E-state index is 0.113. The zero-order valence-electron chi connectivity index (χ0n) is 16.8. The third kappa shape index (κ3) is 3.99. The van der Waals surface area contributed by atoms with Crippen LogP contribution in [0.25, 0.3) is 10.8 Å². The maximum atomic E-state index is 12.1. The van der Waals surface area contributed by atoms with Gasteiger partial charge in [-0.15, -0.1) is 0 Å². The highest BCUT2D eigenvalue weighted by molar-refractivity contribution is 5.86. The summed E-state index contributed by atoms with van der Waals surface area (Å²) in [6.07, 6.45) is 2.66. The molecule has 0 spiro atoms. The van der Waals surface area contributed by atoms with Gasteiger partial charge < -0.3 is 9.84 Å². The molecule has 1 N–H and O–H groups in total. The van der Waals surface area contributed by atoms with Gasteiger partial charge in [-0.05, 0) is 60.3 Å². The summed E-state index contributed by atoms with van der Waals surface area (Å²) in [6.45, 7) is 3.37. The molecule has 1 saturated heterocycles. The van der Waals surface area contributed by atoms with Crippen LogP contribution >= 0.6 is 0 Å². The number of carboxylic acids is 1. The van der Waals surface area contributed by atoms with Crippen molar-refractivity contribution in [3.05, 3.63) is 77.9 Å². The van der Waals surface area contributed by atoms with Crippen LogP contribution in [0.5, 0.6) is 5.75 Å². The molecule has 29 heavy (non-hydrogen) atoms. The molecular formula is C25H27NO3. The van der Waals surface area contributed by atoms with Gasteiger partial charge in [-0.2, -0.15) is 0 Å². The van der Waals surface area contributed by atoms with Crippen molar-refractivity contribution in [2.75, 3.05) is 13.2 Å². The predicted molar refractivity (Wildman–Crippen MR) is 115 cm³/mol. The van der Waals surface area contributed by atoms with Gasteiger partial charge in [0.1, 0.15) is 11.8 Å². The largest absolute Gasteiger partial charge is 0.494 e. The van der Waals surface area contributed by atoms with Crippen molar-refractivity contribution in [1.82, 2.24) is 4.90 Å². The summed E-state index contributed by atoms with van der Waals surface area (Å²) >= 11 is 0. The predicted octanol–water partition coefficient (Wildman–Crippen LogP) is 5.27. The molecular weight excluding hydrogens is 362 g/mol. The molecule has 1 aliphatic rings. The van der Waals surface area contributed by atoms with Crippen molar-refractivity contribution in [2.45, 2.75) is 38.3 Å². The fraction of sp³-hybridized carbons (Fsp3) is 0.320. The zero-order chi connectivity index (χ0) is 20.2. The van der Waals surface area contributed by atoms with E-state index >= 15 is 0 Å². The van der Waals surface area contributed by atoms with Gasteiger partial charge in [-0.1, -0.05) is 61.0 Å². The summed E-state index contributed by atoms with van der Waals surface area (Å²) in [5, 5.41) is 12.3. The number of likely N-dealkylation sites (tertiary alicyclic amines) is 1. The van der Waals surface area contributed by atoms with E-state index in [1.807, 2.05) is 31.2 Å². The molecule has 1 aliphatic heterocycles. The van der Waals surface area contributed by atoms with E-state index in [0.717, 1.165) is 36.3 Å². The van der Waals surface area contributed by atoms with Crippen molar-refractivity contribution in [3.8, 4) is 5.75 Å². The third-order valence-corrected chi connectivity index (χ3v) is 5.79. The highest BCUT2D eigenvalue weighted by Gasteiger charge is 2.35. The van der Waals surface area contributed by atoms with E-state index in [1.54, 1.807) is 0 Å². The van der Waals surface area contributed by atoms with Crippen LogP contribution in [-0.2, 0) is 4.79 Å². The Bertz CT molecular complexity index is 978. The van der Waals surface area contributed by atoms with Gasteiger partial charge in [-0.3, -0.25) is 9.69 Å². The number of carbonyl (C=O) groups is 1. The first-order valence-electron chi connectivity index (χ1n) is 10.4. The summed E-state index contributed by atoms with van der Waals surface area (Å²) < 4.78 is 5.61. The Labute approximate surface area is 171 Å². The minimum atomic E-state index is -0.735. The zero-order valence-corrected chi connectivity index (χ0v) is 16.8. The highest BCUT2D eigenvalue weighted by atomic mass is 16.5.